The van der Waals surface area contributed by atoms with E-state index in [9.17, 15) is 24.0 Å². The maximum atomic E-state index is 13.1. The van der Waals surface area contributed by atoms with Gasteiger partial charge in [0.25, 0.3) is 5.56 Å². The molecule has 7 rings (SSSR count). The number of methoxy groups -OCH3 is 2. The predicted molar refractivity (Wildman–Crippen MR) is 226 cm³/mol. The number of carbonyl (C=O) groups excluding carboxylic acids is 4. The fraction of sp³-hybridized carbons (Fsp3) is 0.511. The number of rotatable bonds is 16. The molecule has 4 aromatic rings. The van der Waals surface area contributed by atoms with E-state index in [0.29, 0.717) is 73.6 Å². The van der Waals surface area contributed by atoms with Crippen LogP contribution in [0.1, 0.15) is 81.3 Å². The number of Topliss-reactive ketones (excluding diaryl/α,β-unsaturated/α-hetero) is 3. The van der Waals surface area contributed by atoms with E-state index in [2.05, 4.69) is 37.9 Å². The fourth-order valence-electron chi connectivity index (χ4n) is 8.98. The van der Waals surface area contributed by atoms with Crippen molar-refractivity contribution in [1.29, 1.82) is 0 Å². The molecule has 2 aliphatic heterocycles. The highest BCUT2D eigenvalue weighted by molar-refractivity contribution is 6.05. The van der Waals surface area contributed by atoms with Crippen LogP contribution in [0, 0.1) is 5.92 Å². The lowest BCUT2D eigenvalue weighted by atomic mass is 9.89. The van der Waals surface area contributed by atoms with Crippen molar-refractivity contribution in [3.63, 3.8) is 0 Å². The number of amides is 1. The monoisotopic (exact) mass is 807 g/mol. The zero-order chi connectivity index (χ0) is 41.5. The number of H-pyrrole nitrogens is 1. The van der Waals surface area contributed by atoms with Gasteiger partial charge in [0, 0.05) is 74.3 Å². The second-order valence-corrected chi connectivity index (χ2v) is 16.4. The van der Waals surface area contributed by atoms with Crippen LogP contribution in [0.2, 0.25) is 0 Å². The molecule has 3 aliphatic rings. The number of aromatic amines is 1. The number of fused-ring (bicyclic) bond motifs is 1. The molecule has 2 saturated heterocycles. The average Bonchev–Trinajstić information content (AvgIpc) is 3.74. The topological polar surface area (TPSA) is 168 Å². The van der Waals surface area contributed by atoms with E-state index in [4.69, 9.17) is 9.47 Å². The van der Waals surface area contributed by atoms with Crippen LogP contribution in [0.15, 0.2) is 53.6 Å². The summed E-state index contributed by atoms with van der Waals surface area (Å²) < 4.78 is 13.0. The average molecular weight is 808 g/mol. The minimum Gasteiger partial charge on any atom is -0.496 e. The van der Waals surface area contributed by atoms with E-state index < -0.39 is 0 Å². The van der Waals surface area contributed by atoms with Gasteiger partial charge >= 0.3 is 0 Å². The summed E-state index contributed by atoms with van der Waals surface area (Å²) in [5.74, 6) is 2.35. The number of piperidine rings is 2. The molecule has 2 aromatic heterocycles. The van der Waals surface area contributed by atoms with Crippen LogP contribution in [0.25, 0.3) is 22.0 Å². The van der Waals surface area contributed by atoms with Crippen molar-refractivity contribution < 1.29 is 28.7 Å². The van der Waals surface area contributed by atoms with Crippen molar-refractivity contribution in [2.45, 2.75) is 82.7 Å². The van der Waals surface area contributed by atoms with Crippen molar-refractivity contribution >= 4 is 39.8 Å². The van der Waals surface area contributed by atoms with Crippen LogP contribution in [0.5, 0.6) is 11.5 Å². The van der Waals surface area contributed by atoms with Gasteiger partial charge in [0.1, 0.15) is 28.6 Å². The van der Waals surface area contributed by atoms with Crippen LogP contribution >= 0.6 is 0 Å². The van der Waals surface area contributed by atoms with E-state index >= 15 is 0 Å². The van der Waals surface area contributed by atoms with Crippen molar-refractivity contribution in [2.24, 2.45) is 13.0 Å². The van der Waals surface area contributed by atoms with Gasteiger partial charge < -0.3 is 34.5 Å². The van der Waals surface area contributed by atoms with Crippen LogP contribution < -0.4 is 25.7 Å². The summed E-state index contributed by atoms with van der Waals surface area (Å²) in [5, 5.41) is 14.2. The number of benzene rings is 2. The number of nitrogens with one attached hydrogen (secondary N) is 3. The molecular weight excluding hydrogens is 751 g/mol. The molecule has 14 nitrogen and oxygen atoms in total. The highest BCUT2D eigenvalue weighted by Gasteiger charge is 2.28. The zero-order valence-electron chi connectivity index (χ0n) is 34.5. The van der Waals surface area contributed by atoms with E-state index in [1.165, 1.54) is 10.1 Å². The van der Waals surface area contributed by atoms with Crippen molar-refractivity contribution in [2.75, 3.05) is 58.8 Å². The molecule has 314 valence electrons. The third-order valence-corrected chi connectivity index (χ3v) is 12.5. The highest BCUT2D eigenvalue weighted by Crippen LogP contribution is 2.37. The summed E-state index contributed by atoms with van der Waals surface area (Å²) in [6.07, 6.45) is 10.2. The van der Waals surface area contributed by atoms with Gasteiger partial charge in [0.05, 0.1) is 39.4 Å². The Bertz CT molecular complexity index is 2170. The first-order chi connectivity index (χ1) is 28.6. The van der Waals surface area contributed by atoms with E-state index in [-0.39, 0.29) is 53.7 Å². The Morgan fingerprint density at radius 2 is 1.64 bits per heavy atom. The number of anilines is 1. The van der Waals surface area contributed by atoms with Gasteiger partial charge in [-0.1, -0.05) is 12.1 Å². The number of aryl methyl sites for hydroxylation is 1. The molecule has 14 heteroatoms. The Balaban J connectivity index is 0.789. The maximum Gasteiger partial charge on any atom is 0.276 e. The number of aromatic nitrogens is 3. The molecule has 0 spiro atoms. The Hall–Kier alpha value is -5.34. The third-order valence-electron chi connectivity index (χ3n) is 12.5. The largest absolute Gasteiger partial charge is 0.496 e. The van der Waals surface area contributed by atoms with Gasteiger partial charge in [-0.2, -0.15) is 5.10 Å². The Morgan fingerprint density at radius 1 is 0.932 bits per heavy atom. The SMILES string of the molecule is COc1cc(-c2cn(C)c(=O)c3[nH]ncc23)cc(OC)c1CNCC(=O)CC1CCN(C(=O)CCCN2CCC(c3ccc(NC4CCC(=O)CC4=O)cc3)CC2)CC1. The smallest absolute Gasteiger partial charge is 0.276 e. The summed E-state index contributed by atoms with van der Waals surface area (Å²) >= 11 is 0. The fourth-order valence-corrected chi connectivity index (χ4v) is 8.98. The molecule has 3 N–H and O–H groups in total. The number of ketones is 3. The molecule has 0 radical (unpaired) electrons. The lowest BCUT2D eigenvalue weighted by molar-refractivity contribution is -0.133. The number of pyridine rings is 1. The van der Waals surface area contributed by atoms with Gasteiger partial charge in [0.15, 0.2) is 5.78 Å². The summed E-state index contributed by atoms with van der Waals surface area (Å²) in [5.41, 5.74) is 4.92. The molecule has 1 saturated carbocycles. The van der Waals surface area contributed by atoms with Crippen LogP contribution in [-0.4, -0.2) is 107 Å². The van der Waals surface area contributed by atoms with Crippen LogP contribution in [0.4, 0.5) is 5.69 Å². The lowest BCUT2D eigenvalue weighted by Gasteiger charge is -2.33. The number of likely N-dealkylation sites (tertiary alicyclic amines) is 2. The first kappa shape index (κ1) is 41.8. The van der Waals surface area contributed by atoms with Crippen molar-refractivity contribution in [1.82, 2.24) is 29.9 Å². The van der Waals surface area contributed by atoms with Gasteiger partial charge in [-0.3, -0.25) is 29.1 Å². The number of ether oxygens (including phenoxy) is 2. The van der Waals surface area contributed by atoms with Gasteiger partial charge in [-0.25, -0.2) is 0 Å². The summed E-state index contributed by atoms with van der Waals surface area (Å²) in [6.45, 7) is 4.94. The maximum absolute atomic E-state index is 13.1. The number of nitrogens with zero attached hydrogens (tertiary/aromatic N) is 4. The van der Waals surface area contributed by atoms with E-state index in [0.717, 1.165) is 74.1 Å². The molecular formula is C45H57N7O7. The van der Waals surface area contributed by atoms with Gasteiger partial charge in [0.2, 0.25) is 5.91 Å². The third kappa shape index (κ3) is 10.1. The molecule has 4 heterocycles. The lowest BCUT2D eigenvalue weighted by Crippen LogP contribution is -2.40. The van der Waals surface area contributed by atoms with Crippen LogP contribution in [-0.2, 0) is 32.8 Å². The van der Waals surface area contributed by atoms with Crippen molar-refractivity contribution in [3.8, 4) is 22.6 Å². The molecule has 0 bridgehead atoms. The predicted octanol–water partition coefficient (Wildman–Crippen LogP) is 5.00. The van der Waals surface area contributed by atoms with Crippen LogP contribution in [0.3, 0.4) is 0 Å². The summed E-state index contributed by atoms with van der Waals surface area (Å²) in [7, 11) is 4.90. The van der Waals surface area contributed by atoms with E-state index in [1.807, 2.05) is 29.2 Å². The standard InChI is InChI=1S/C45H57N7O7/c1-50-28-38(36-27-47-49-44(36)45(50)57)32-22-41(58-2)37(42(23-32)59-3)26-46-25-35(54)21-29-12-19-52(20-13-29)43(56)5-4-16-51-17-14-31(15-18-51)30-6-8-33(9-7-30)48-39-11-10-34(53)24-40(39)55/h6-9,22-23,27-29,31,39,46,48H,4-5,10-21,24-26H2,1-3H3,(H,47,49). The first-order valence-electron chi connectivity index (χ1n) is 21.0. The second kappa shape index (κ2) is 19.2. The molecule has 2 aromatic carbocycles. The highest BCUT2D eigenvalue weighted by atomic mass is 16.5. The molecule has 1 unspecified atom stereocenters. The van der Waals surface area contributed by atoms with Gasteiger partial charge in [-0.15, -0.1) is 0 Å². The van der Waals surface area contributed by atoms with E-state index in [1.54, 1.807) is 33.7 Å². The van der Waals surface area contributed by atoms with Gasteiger partial charge in [-0.05, 0) is 105 Å². The zero-order valence-corrected chi connectivity index (χ0v) is 34.5. The second-order valence-electron chi connectivity index (χ2n) is 16.4. The molecule has 1 atom stereocenters. The minimum absolute atomic E-state index is 0.0167. The molecule has 1 amide bonds. The Labute approximate surface area is 345 Å². The molecule has 3 fully saturated rings. The number of carbonyl (C=O) groups is 4. The molecule has 1 aliphatic carbocycles. The molecule has 59 heavy (non-hydrogen) atoms. The van der Waals surface area contributed by atoms with Crippen molar-refractivity contribution in [3.05, 3.63) is 70.3 Å². The first-order valence-corrected chi connectivity index (χ1v) is 21.0. The summed E-state index contributed by atoms with van der Waals surface area (Å²) in [4.78, 5) is 66.9. The minimum atomic E-state index is -0.275. The quantitative estimate of drug-likeness (QED) is 0.131. The number of hydrogen-bond acceptors (Lipinski definition) is 11. The number of hydrogen-bond donors (Lipinski definition) is 3. The normalized spacial score (nSPS) is 18.4. The Kier molecular flexibility index (Phi) is 13.6. The Morgan fingerprint density at radius 3 is 2.32 bits per heavy atom. The summed E-state index contributed by atoms with van der Waals surface area (Å²) in [6, 6.07) is 11.9.